The molecule has 94 valence electrons. The Morgan fingerprint density at radius 2 is 2.00 bits per heavy atom. The van der Waals surface area contributed by atoms with E-state index in [0.717, 1.165) is 30.7 Å². The Labute approximate surface area is 109 Å². The Morgan fingerprint density at radius 3 is 2.65 bits per heavy atom. The Morgan fingerprint density at radius 1 is 1.29 bits per heavy atom. The van der Waals surface area contributed by atoms with Gasteiger partial charge in [-0.05, 0) is 47.9 Å². The quantitative estimate of drug-likeness (QED) is 0.929. The molecular formula is C12H17BrN2O2. The highest BCUT2D eigenvalue weighted by atomic mass is 79.9. The van der Waals surface area contributed by atoms with Gasteiger partial charge in [0.15, 0.2) is 0 Å². The number of carboxylic acids is 1. The van der Waals surface area contributed by atoms with E-state index in [1.54, 1.807) is 10.6 Å². The van der Waals surface area contributed by atoms with Crippen molar-refractivity contribution in [3.05, 3.63) is 22.4 Å². The Balaban J connectivity index is 1.95. The molecule has 0 unspecified atom stereocenters. The lowest BCUT2D eigenvalue weighted by Gasteiger charge is -2.26. The standard InChI is InChI=1S/C12H17BrN2O2/c13-10-8-11(12(16)17)15(9-10)7-6-14-4-2-1-3-5-14/h8-9H,1-7H2,(H,16,17). The molecule has 0 aliphatic carbocycles. The van der Waals surface area contributed by atoms with Crippen LogP contribution in [0, 0.1) is 0 Å². The fourth-order valence-corrected chi connectivity index (χ4v) is 2.73. The molecule has 0 atom stereocenters. The Hall–Kier alpha value is -0.810. The second-order valence-corrected chi connectivity index (χ2v) is 5.36. The van der Waals surface area contributed by atoms with Crippen molar-refractivity contribution in [3.63, 3.8) is 0 Å². The molecule has 0 bridgehead atoms. The van der Waals surface area contributed by atoms with E-state index < -0.39 is 5.97 Å². The number of carbonyl (C=O) groups is 1. The molecule has 1 aliphatic heterocycles. The molecule has 0 saturated carbocycles. The van der Waals surface area contributed by atoms with Crippen LogP contribution in [0.2, 0.25) is 0 Å². The molecule has 1 saturated heterocycles. The number of carboxylic acid groups (broad SMARTS) is 1. The third-order valence-electron chi connectivity index (χ3n) is 3.19. The number of piperidine rings is 1. The smallest absolute Gasteiger partial charge is 0.352 e. The van der Waals surface area contributed by atoms with Crippen molar-refractivity contribution in [1.29, 1.82) is 0 Å². The maximum atomic E-state index is 11.0. The lowest BCUT2D eigenvalue weighted by Crippen LogP contribution is -2.32. The van der Waals surface area contributed by atoms with Crippen molar-refractivity contribution >= 4 is 21.9 Å². The number of rotatable bonds is 4. The minimum atomic E-state index is -0.866. The van der Waals surface area contributed by atoms with Crippen molar-refractivity contribution in [3.8, 4) is 0 Å². The lowest BCUT2D eigenvalue weighted by molar-refractivity contribution is 0.0684. The van der Waals surface area contributed by atoms with E-state index in [1.807, 2.05) is 6.20 Å². The third-order valence-corrected chi connectivity index (χ3v) is 3.62. The van der Waals surface area contributed by atoms with Gasteiger partial charge in [-0.15, -0.1) is 0 Å². The summed E-state index contributed by atoms with van der Waals surface area (Å²) in [4.78, 5) is 13.4. The van der Waals surface area contributed by atoms with Gasteiger partial charge in [0, 0.05) is 23.8 Å². The maximum Gasteiger partial charge on any atom is 0.352 e. The van der Waals surface area contributed by atoms with Crippen molar-refractivity contribution < 1.29 is 9.90 Å². The van der Waals surface area contributed by atoms with Gasteiger partial charge in [0.25, 0.3) is 0 Å². The third kappa shape index (κ3) is 3.33. The largest absolute Gasteiger partial charge is 0.477 e. The van der Waals surface area contributed by atoms with E-state index in [4.69, 9.17) is 5.11 Å². The SMILES string of the molecule is O=C(O)c1cc(Br)cn1CCN1CCCCC1. The molecule has 1 aromatic rings. The van der Waals surface area contributed by atoms with Gasteiger partial charge in [-0.1, -0.05) is 6.42 Å². The van der Waals surface area contributed by atoms with Crippen molar-refractivity contribution in [2.24, 2.45) is 0 Å². The average molecular weight is 301 g/mol. The zero-order valence-corrected chi connectivity index (χ0v) is 11.3. The molecule has 0 spiro atoms. The van der Waals surface area contributed by atoms with Crippen LogP contribution < -0.4 is 0 Å². The van der Waals surface area contributed by atoms with Gasteiger partial charge in [0.05, 0.1) is 0 Å². The molecule has 1 fully saturated rings. The van der Waals surface area contributed by atoms with Crippen LogP contribution in [0.15, 0.2) is 16.7 Å². The van der Waals surface area contributed by atoms with Gasteiger partial charge < -0.3 is 14.6 Å². The Kier molecular flexibility index (Phi) is 4.23. The summed E-state index contributed by atoms with van der Waals surface area (Å²) >= 11 is 3.32. The average Bonchev–Trinajstić information content (AvgIpc) is 2.69. The van der Waals surface area contributed by atoms with Crippen LogP contribution in [-0.2, 0) is 6.54 Å². The topological polar surface area (TPSA) is 45.5 Å². The molecule has 17 heavy (non-hydrogen) atoms. The summed E-state index contributed by atoms with van der Waals surface area (Å²) in [6.07, 6.45) is 5.70. The van der Waals surface area contributed by atoms with Gasteiger partial charge >= 0.3 is 5.97 Å². The summed E-state index contributed by atoms with van der Waals surface area (Å²) in [7, 11) is 0. The lowest BCUT2D eigenvalue weighted by atomic mass is 10.1. The van der Waals surface area contributed by atoms with E-state index in [2.05, 4.69) is 20.8 Å². The van der Waals surface area contributed by atoms with Gasteiger partial charge in [0.1, 0.15) is 5.69 Å². The van der Waals surface area contributed by atoms with Gasteiger partial charge in [-0.3, -0.25) is 0 Å². The minimum Gasteiger partial charge on any atom is -0.477 e. The predicted octanol–water partition coefficient (Wildman–Crippen LogP) is 2.43. The maximum absolute atomic E-state index is 11.0. The van der Waals surface area contributed by atoms with E-state index in [-0.39, 0.29) is 0 Å². The van der Waals surface area contributed by atoms with Crippen LogP contribution in [0.3, 0.4) is 0 Å². The Bertz CT molecular complexity index is 397. The molecule has 2 rings (SSSR count). The highest BCUT2D eigenvalue weighted by Gasteiger charge is 2.14. The summed E-state index contributed by atoms with van der Waals surface area (Å²) in [6.45, 7) is 3.96. The van der Waals surface area contributed by atoms with Gasteiger partial charge in [-0.2, -0.15) is 0 Å². The van der Waals surface area contributed by atoms with Crippen molar-refractivity contribution in [2.75, 3.05) is 19.6 Å². The molecule has 1 aromatic heterocycles. The highest BCUT2D eigenvalue weighted by Crippen LogP contribution is 2.16. The van der Waals surface area contributed by atoms with Gasteiger partial charge in [-0.25, -0.2) is 4.79 Å². The van der Waals surface area contributed by atoms with E-state index in [9.17, 15) is 4.79 Å². The number of hydrogen-bond donors (Lipinski definition) is 1. The second-order valence-electron chi connectivity index (χ2n) is 4.44. The van der Waals surface area contributed by atoms with Crippen LogP contribution in [0.4, 0.5) is 0 Å². The summed E-state index contributed by atoms with van der Waals surface area (Å²) in [5.41, 5.74) is 0.355. The van der Waals surface area contributed by atoms with E-state index in [1.165, 1.54) is 19.3 Å². The first-order valence-electron chi connectivity index (χ1n) is 5.98. The first-order chi connectivity index (χ1) is 8.16. The summed E-state index contributed by atoms with van der Waals surface area (Å²) in [5.74, 6) is -0.866. The normalized spacial score (nSPS) is 17.2. The minimum absolute atomic E-state index is 0.355. The molecule has 0 amide bonds. The number of aromatic carboxylic acids is 1. The number of nitrogens with zero attached hydrogens (tertiary/aromatic N) is 2. The highest BCUT2D eigenvalue weighted by molar-refractivity contribution is 9.10. The molecule has 4 nitrogen and oxygen atoms in total. The second kappa shape index (κ2) is 5.69. The molecule has 0 radical (unpaired) electrons. The molecule has 1 aliphatic rings. The molecule has 5 heteroatoms. The first kappa shape index (κ1) is 12.6. The fourth-order valence-electron chi connectivity index (χ4n) is 2.27. The van der Waals surface area contributed by atoms with Crippen molar-refractivity contribution in [1.82, 2.24) is 9.47 Å². The number of likely N-dealkylation sites (tertiary alicyclic amines) is 1. The fraction of sp³-hybridized carbons (Fsp3) is 0.583. The predicted molar refractivity (Wildman–Crippen MR) is 69.4 cm³/mol. The van der Waals surface area contributed by atoms with Crippen LogP contribution in [0.5, 0.6) is 0 Å². The zero-order valence-electron chi connectivity index (χ0n) is 9.73. The van der Waals surface area contributed by atoms with Gasteiger partial charge in [0.2, 0.25) is 0 Å². The summed E-state index contributed by atoms with van der Waals surface area (Å²) in [6, 6.07) is 1.65. The molecule has 0 aromatic carbocycles. The first-order valence-corrected chi connectivity index (χ1v) is 6.77. The molecule has 1 N–H and O–H groups in total. The van der Waals surface area contributed by atoms with Crippen molar-refractivity contribution in [2.45, 2.75) is 25.8 Å². The number of hydrogen-bond acceptors (Lipinski definition) is 2. The van der Waals surface area contributed by atoms with Crippen LogP contribution >= 0.6 is 15.9 Å². The molecular weight excluding hydrogens is 284 g/mol. The van der Waals surface area contributed by atoms with E-state index >= 15 is 0 Å². The number of aromatic nitrogens is 1. The molecule has 2 heterocycles. The van der Waals surface area contributed by atoms with Crippen LogP contribution in [0.25, 0.3) is 0 Å². The number of halogens is 1. The zero-order chi connectivity index (χ0) is 12.3. The van der Waals surface area contributed by atoms with E-state index in [0.29, 0.717) is 5.69 Å². The van der Waals surface area contributed by atoms with Crippen LogP contribution in [0.1, 0.15) is 29.8 Å². The summed E-state index contributed by atoms with van der Waals surface area (Å²) in [5, 5.41) is 9.06. The summed E-state index contributed by atoms with van der Waals surface area (Å²) < 4.78 is 2.63. The monoisotopic (exact) mass is 300 g/mol. The van der Waals surface area contributed by atoms with Crippen LogP contribution in [-0.4, -0.2) is 40.2 Å².